The van der Waals surface area contributed by atoms with E-state index in [9.17, 15) is 4.79 Å². The highest BCUT2D eigenvalue weighted by molar-refractivity contribution is 7.15. The van der Waals surface area contributed by atoms with E-state index in [-0.39, 0.29) is 17.4 Å². The Hall–Kier alpha value is -1.38. The van der Waals surface area contributed by atoms with Crippen molar-refractivity contribution in [2.24, 2.45) is 0 Å². The Labute approximate surface area is 187 Å². The first-order valence-electron chi connectivity index (χ1n) is 9.51. The Morgan fingerprint density at radius 2 is 2.17 bits per heavy atom. The predicted molar refractivity (Wildman–Crippen MR) is 119 cm³/mol. The number of thiazole rings is 1. The van der Waals surface area contributed by atoms with Crippen molar-refractivity contribution in [2.75, 3.05) is 6.54 Å². The molecule has 0 aromatic carbocycles. The summed E-state index contributed by atoms with van der Waals surface area (Å²) in [7, 11) is 0. The molecule has 1 atom stereocenters. The summed E-state index contributed by atoms with van der Waals surface area (Å²) < 4.78 is 0. The minimum absolute atomic E-state index is 0.113. The Kier molecular flexibility index (Phi) is 6.61. The van der Waals surface area contributed by atoms with Crippen molar-refractivity contribution in [1.82, 2.24) is 19.9 Å². The lowest BCUT2D eigenvalue weighted by Crippen LogP contribution is -2.27. The molecule has 29 heavy (non-hydrogen) atoms. The molecule has 0 bridgehead atoms. The molecule has 0 amide bonds. The summed E-state index contributed by atoms with van der Waals surface area (Å²) in [6, 6.07) is 2.56. The quantitative estimate of drug-likeness (QED) is 0.413. The Morgan fingerprint density at radius 3 is 2.86 bits per heavy atom. The van der Waals surface area contributed by atoms with Crippen LogP contribution >= 0.6 is 45.9 Å². The summed E-state index contributed by atoms with van der Waals surface area (Å²) >= 11 is 15.1. The van der Waals surface area contributed by atoms with Crippen LogP contribution < -0.4 is 0 Å². The maximum absolute atomic E-state index is 12.6. The molecule has 3 aromatic rings. The average molecular weight is 467 g/mol. The van der Waals surface area contributed by atoms with E-state index < -0.39 is 0 Å². The third-order valence-corrected chi connectivity index (χ3v) is 7.60. The van der Waals surface area contributed by atoms with Gasteiger partial charge in [-0.25, -0.2) is 15.0 Å². The van der Waals surface area contributed by atoms with E-state index in [4.69, 9.17) is 28.2 Å². The van der Waals surface area contributed by atoms with Crippen LogP contribution in [0.3, 0.4) is 0 Å². The van der Waals surface area contributed by atoms with E-state index in [1.54, 1.807) is 22.7 Å². The van der Waals surface area contributed by atoms with Gasteiger partial charge in [-0.15, -0.1) is 22.7 Å². The van der Waals surface area contributed by atoms with Crippen molar-refractivity contribution >= 4 is 51.7 Å². The van der Waals surface area contributed by atoms with Gasteiger partial charge >= 0.3 is 0 Å². The summed E-state index contributed by atoms with van der Waals surface area (Å²) in [5.74, 6) is -0.113. The molecule has 152 valence electrons. The zero-order valence-electron chi connectivity index (χ0n) is 15.9. The molecule has 0 N–H and O–H groups in total. The van der Waals surface area contributed by atoms with Crippen LogP contribution in [0.25, 0.3) is 10.6 Å². The lowest BCUT2D eigenvalue weighted by molar-refractivity contribution is 0.0988. The van der Waals surface area contributed by atoms with Crippen molar-refractivity contribution in [2.45, 2.75) is 45.2 Å². The van der Waals surface area contributed by atoms with E-state index >= 15 is 0 Å². The van der Waals surface area contributed by atoms with Crippen LogP contribution in [-0.2, 0) is 13.0 Å². The number of thiophene rings is 1. The molecule has 0 radical (unpaired) electrons. The van der Waals surface area contributed by atoms with Crippen LogP contribution in [0, 0.1) is 0 Å². The van der Waals surface area contributed by atoms with Crippen molar-refractivity contribution in [3.63, 3.8) is 0 Å². The molecule has 1 fully saturated rings. The van der Waals surface area contributed by atoms with Gasteiger partial charge in [0.15, 0.2) is 5.78 Å². The standard InChI is InChI=1S/C20H20Cl2N4OS2/c1-2-13-4-3-5-26(13)10-17-20(16-6-12(21)11-28-16)25-19(29-17)7-15(27)14-8-24-18(22)9-23-14/h6,8-9,11,13H,2-5,7,10H2,1H3/t13-/m1/s1. The number of aromatic nitrogens is 3. The smallest absolute Gasteiger partial charge is 0.189 e. The number of likely N-dealkylation sites (tertiary alicyclic amines) is 1. The van der Waals surface area contributed by atoms with E-state index in [1.165, 1.54) is 30.1 Å². The molecular weight excluding hydrogens is 447 g/mol. The topological polar surface area (TPSA) is 59.0 Å². The highest BCUT2D eigenvalue weighted by atomic mass is 35.5. The van der Waals surface area contributed by atoms with Gasteiger partial charge in [-0.1, -0.05) is 30.1 Å². The fourth-order valence-electron chi connectivity index (χ4n) is 3.65. The summed E-state index contributed by atoms with van der Waals surface area (Å²) in [4.78, 5) is 30.2. The average Bonchev–Trinajstić information content (AvgIpc) is 3.42. The van der Waals surface area contributed by atoms with E-state index in [0.717, 1.165) is 35.1 Å². The van der Waals surface area contributed by atoms with Gasteiger partial charge in [-0.2, -0.15) is 0 Å². The summed E-state index contributed by atoms with van der Waals surface area (Å²) in [5.41, 5.74) is 1.25. The normalized spacial score (nSPS) is 17.1. The van der Waals surface area contributed by atoms with Gasteiger partial charge in [0.25, 0.3) is 0 Å². The van der Waals surface area contributed by atoms with E-state index in [1.807, 2.05) is 11.4 Å². The first-order valence-corrected chi connectivity index (χ1v) is 12.0. The van der Waals surface area contributed by atoms with Crippen molar-refractivity contribution in [3.05, 3.63) is 49.6 Å². The Bertz CT molecular complexity index is 1000. The molecule has 4 heterocycles. The van der Waals surface area contributed by atoms with Crippen molar-refractivity contribution < 1.29 is 4.79 Å². The first kappa shape index (κ1) is 20.9. The largest absolute Gasteiger partial charge is 0.295 e. The highest BCUT2D eigenvalue weighted by Crippen LogP contribution is 2.36. The van der Waals surface area contributed by atoms with Crippen LogP contribution in [0.5, 0.6) is 0 Å². The number of carbonyl (C=O) groups excluding carboxylic acids is 1. The molecule has 0 spiro atoms. The lowest BCUT2D eigenvalue weighted by atomic mass is 10.1. The Balaban J connectivity index is 1.60. The molecule has 9 heteroatoms. The monoisotopic (exact) mass is 466 g/mol. The second-order valence-electron chi connectivity index (χ2n) is 7.01. The van der Waals surface area contributed by atoms with Gasteiger partial charge in [0.1, 0.15) is 15.9 Å². The number of halogens is 2. The van der Waals surface area contributed by atoms with Gasteiger partial charge in [0, 0.05) is 22.8 Å². The van der Waals surface area contributed by atoms with Crippen molar-refractivity contribution in [1.29, 1.82) is 0 Å². The molecule has 1 aliphatic rings. The van der Waals surface area contributed by atoms with Crippen LogP contribution in [0.1, 0.15) is 46.6 Å². The van der Waals surface area contributed by atoms with E-state index in [0.29, 0.717) is 16.8 Å². The highest BCUT2D eigenvalue weighted by Gasteiger charge is 2.26. The SMILES string of the molecule is CC[C@@H]1CCCN1Cc1sc(CC(=O)c2cnc(Cl)cn2)nc1-c1cc(Cl)cs1. The zero-order valence-corrected chi connectivity index (χ0v) is 19.0. The third-order valence-electron chi connectivity index (χ3n) is 5.08. The first-order chi connectivity index (χ1) is 14.0. The fraction of sp³-hybridized carbons (Fsp3) is 0.400. The van der Waals surface area contributed by atoms with Gasteiger partial charge in [0.2, 0.25) is 0 Å². The molecule has 0 aliphatic carbocycles. The fourth-order valence-corrected chi connectivity index (χ4v) is 6.01. The lowest BCUT2D eigenvalue weighted by Gasteiger charge is -2.22. The van der Waals surface area contributed by atoms with Gasteiger partial charge < -0.3 is 0 Å². The number of nitrogens with zero attached hydrogens (tertiary/aromatic N) is 4. The van der Waals surface area contributed by atoms with E-state index in [2.05, 4.69) is 21.8 Å². The maximum atomic E-state index is 12.6. The number of hydrogen-bond donors (Lipinski definition) is 0. The number of Topliss-reactive ketones (excluding diaryl/α,β-unsaturated/α-hetero) is 1. The number of rotatable bonds is 7. The molecular formula is C20H20Cl2N4OS2. The zero-order chi connectivity index (χ0) is 20.4. The van der Waals surface area contributed by atoms with Crippen LogP contribution in [0.2, 0.25) is 10.2 Å². The van der Waals surface area contributed by atoms with Gasteiger partial charge in [0.05, 0.1) is 34.4 Å². The minimum atomic E-state index is -0.113. The second-order valence-corrected chi connectivity index (χ2v) is 9.91. The van der Waals surface area contributed by atoms with Crippen LogP contribution in [-0.4, -0.2) is 38.2 Å². The molecule has 1 saturated heterocycles. The Morgan fingerprint density at radius 1 is 1.31 bits per heavy atom. The summed E-state index contributed by atoms with van der Waals surface area (Å²) in [5, 5.41) is 3.68. The molecule has 5 nitrogen and oxygen atoms in total. The van der Waals surface area contributed by atoms with Crippen LogP contribution in [0.15, 0.2) is 23.8 Å². The maximum Gasteiger partial charge on any atom is 0.189 e. The molecule has 0 unspecified atom stereocenters. The van der Waals surface area contributed by atoms with Gasteiger partial charge in [-0.05, 0) is 31.9 Å². The summed E-state index contributed by atoms with van der Waals surface area (Å²) in [6.45, 7) is 4.21. The second kappa shape index (κ2) is 9.18. The molecule has 1 aliphatic heterocycles. The third kappa shape index (κ3) is 4.86. The summed E-state index contributed by atoms with van der Waals surface area (Å²) in [6.07, 6.45) is 6.63. The number of ketones is 1. The molecule has 4 rings (SSSR count). The van der Waals surface area contributed by atoms with Crippen LogP contribution in [0.4, 0.5) is 0 Å². The van der Waals surface area contributed by atoms with Gasteiger partial charge in [-0.3, -0.25) is 9.69 Å². The molecule has 0 saturated carbocycles. The molecule has 3 aromatic heterocycles. The minimum Gasteiger partial charge on any atom is -0.295 e. The van der Waals surface area contributed by atoms with Crippen molar-refractivity contribution in [3.8, 4) is 10.6 Å². The number of hydrogen-bond acceptors (Lipinski definition) is 7. The number of carbonyl (C=O) groups is 1. The predicted octanol–water partition coefficient (Wildman–Crippen LogP) is 5.77.